The first-order valence-corrected chi connectivity index (χ1v) is 10.8. The maximum absolute atomic E-state index is 13.2. The minimum Gasteiger partial charge on any atom is -0.481 e. The third kappa shape index (κ3) is 4.53. The van der Waals surface area contributed by atoms with E-state index >= 15 is 0 Å². The van der Waals surface area contributed by atoms with Crippen LogP contribution in [0.5, 0.6) is 0 Å². The Labute approximate surface area is 182 Å². The van der Waals surface area contributed by atoms with E-state index in [0.29, 0.717) is 23.4 Å². The molecule has 0 saturated carbocycles. The second kappa shape index (κ2) is 9.16. The maximum atomic E-state index is 13.2. The van der Waals surface area contributed by atoms with Crippen molar-refractivity contribution in [2.75, 3.05) is 13.1 Å². The first-order valence-electron chi connectivity index (χ1n) is 10.8. The van der Waals surface area contributed by atoms with E-state index in [0.717, 1.165) is 42.8 Å². The van der Waals surface area contributed by atoms with E-state index in [-0.39, 0.29) is 12.3 Å². The van der Waals surface area contributed by atoms with Crippen LogP contribution < -0.4 is 0 Å². The van der Waals surface area contributed by atoms with Crippen LogP contribution in [0.3, 0.4) is 0 Å². The van der Waals surface area contributed by atoms with Gasteiger partial charge in [0, 0.05) is 35.5 Å². The zero-order valence-corrected chi connectivity index (χ0v) is 17.8. The Morgan fingerprint density at radius 3 is 2.35 bits per heavy atom. The number of carboxylic acid groups (broad SMARTS) is 1. The van der Waals surface area contributed by atoms with Crippen molar-refractivity contribution in [3.63, 3.8) is 0 Å². The molecule has 0 radical (unpaired) electrons. The molecule has 31 heavy (non-hydrogen) atoms. The summed E-state index contributed by atoms with van der Waals surface area (Å²) in [5, 5.41) is 14.2. The number of hydrogen-bond donors (Lipinski definition) is 1. The lowest BCUT2D eigenvalue weighted by Gasteiger charge is -2.27. The van der Waals surface area contributed by atoms with Gasteiger partial charge in [-0.05, 0) is 37.8 Å². The average Bonchev–Trinajstić information content (AvgIpc) is 3.09. The van der Waals surface area contributed by atoms with Crippen LogP contribution in [-0.2, 0) is 17.8 Å². The number of carbonyl (C=O) groups is 2. The van der Waals surface area contributed by atoms with E-state index in [2.05, 4.69) is 0 Å². The van der Waals surface area contributed by atoms with E-state index in [1.54, 1.807) is 0 Å². The van der Waals surface area contributed by atoms with Gasteiger partial charge in [-0.2, -0.15) is 5.10 Å². The number of hydrogen-bond acceptors (Lipinski definition) is 3. The smallest absolute Gasteiger partial charge is 0.307 e. The van der Waals surface area contributed by atoms with E-state index < -0.39 is 5.97 Å². The highest BCUT2D eigenvalue weighted by Gasteiger charge is 2.23. The predicted octanol–water partition coefficient (Wildman–Crippen LogP) is 4.16. The zero-order valence-electron chi connectivity index (χ0n) is 17.8. The molecule has 2 aromatic carbocycles. The number of nitrogens with zero attached hydrogens (tertiary/aromatic N) is 3. The molecule has 2 heterocycles. The summed E-state index contributed by atoms with van der Waals surface area (Å²) in [6.07, 6.45) is 3.17. The number of carboxylic acids is 1. The monoisotopic (exact) mass is 417 g/mol. The van der Waals surface area contributed by atoms with Gasteiger partial charge in [0.1, 0.15) is 0 Å². The summed E-state index contributed by atoms with van der Waals surface area (Å²) in [7, 11) is 0. The fraction of sp³-hybridized carbons (Fsp3) is 0.320. The van der Waals surface area contributed by atoms with Gasteiger partial charge in [0.25, 0.3) is 5.91 Å². The molecule has 1 saturated heterocycles. The molecular weight excluding hydrogens is 390 g/mol. The van der Waals surface area contributed by atoms with E-state index in [9.17, 15) is 14.7 Å². The highest BCUT2D eigenvalue weighted by molar-refractivity contribution is 5.95. The molecule has 3 aromatic rings. The molecule has 6 nitrogen and oxygen atoms in total. The van der Waals surface area contributed by atoms with Gasteiger partial charge in [0.2, 0.25) is 0 Å². The minimum absolute atomic E-state index is 0.0640. The van der Waals surface area contributed by atoms with Crippen molar-refractivity contribution in [1.82, 2.24) is 14.7 Å². The number of carbonyl (C=O) groups excluding carboxylic acids is 1. The Morgan fingerprint density at radius 2 is 1.65 bits per heavy atom. The molecule has 0 spiro atoms. The molecule has 1 aliphatic rings. The highest BCUT2D eigenvalue weighted by Crippen LogP contribution is 2.27. The lowest BCUT2D eigenvalue weighted by Crippen LogP contribution is -2.36. The van der Waals surface area contributed by atoms with E-state index in [1.165, 1.54) is 6.42 Å². The van der Waals surface area contributed by atoms with E-state index in [1.807, 2.05) is 71.1 Å². The topological polar surface area (TPSA) is 75.4 Å². The van der Waals surface area contributed by atoms with Crippen molar-refractivity contribution in [2.45, 2.75) is 39.2 Å². The zero-order chi connectivity index (χ0) is 21.8. The Morgan fingerprint density at radius 1 is 0.968 bits per heavy atom. The molecule has 1 N–H and O–H groups in total. The Kier molecular flexibility index (Phi) is 6.16. The summed E-state index contributed by atoms with van der Waals surface area (Å²) in [6.45, 7) is 3.91. The molecule has 1 amide bonds. The van der Waals surface area contributed by atoms with Crippen molar-refractivity contribution >= 4 is 11.9 Å². The summed E-state index contributed by atoms with van der Waals surface area (Å²) < 4.78 is 1.82. The summed E-state index contributed by atoms with van der Waals surface area (Å²) in [4.78, 5) is 26.6. The summed E-state index contributed by atoms with van der Waals surface area (Å²) in [6, 6.07) is 17.3. The molecule has 0 unspecified atom stereocenters. The standard InChI is InChI=1S/C25H27N3O3/c1-18-22(16-23(29)30)24(19-10-4-2-5-11-19)26-28(18)17-20-12-6-7-13-21(20)25(31)27-14-8-3-9-15-27/h2,4-7,10-13H,3,8-9,14-17H2,1H3,(H,29,30). The van der Waals surface area contributed by atoms with Gasteiger partial charge in [0.05, 0.1) is 18.7 Å². The van der Waals surface area contributed by atoms with Crippen molar-refractivity contribution < 1.29 is 14.7 Å². The quantitative estimate of drug-likeness (QED) is 0.653. The number of piperidine rings is 1. The molecule has 0 bridgehead atoms. The van der Waals surface area contributed by atoms with Crippen LogP contribution >= 0.6 is 0 Å². The first kappa shape index (κ1) is 20.8. The second-order valence-corrected chi connectivity index (χ2v) is 8.02. The molecule has 1 fully saturated rings. The van der Waals surface area contributed by atoms with Crippen LogP contribution in [0.25, 0.3) is 11.3 Å². The summed E-state index contributed by atoms with van der Waals surface area (Å²) in [5.74, 6) is -0.824. The van der Waals surface area contributed by atoms with Crippen molar-refractivity contribution in [3.8, 4) is 11.3 Å². The van der Waals surface area contributed by atoms with Crippen LogP contribution in [0.4, 0.5) is 0 Å². The van der Waals surface area contributed by atoms with Gasteiger partial charge in [-0.1, -0.05) is 48.5 Å². The van der Waals surface area contributed by atoms with Crippen molar-refractivity contribution in [1.29, 1.82) is 0 Å². The lowest BCUT2D eigenvalue weighted by molar-refractivity contribution is -0.136. The lowest BCUT2D eigenvalue weighted by atomic mass is 10.0. The van der Waals surface area contributed by atoms with Gasteiger partial charge >= 0.3 is 5.97 Å². The molecule has 6 heteroatoms. The third-order valence-electron chi connectivity index (χ3n) is 5.92. The number of aliphatic carboxylic acids is 1. The Hall–Kier alpha value is -3.41. The number of aromatic nitrogens is 2. The molecule has 160 valence electrons. The summed E-state index contributed by atoms with van der Waals surface area (Å²) in [5.41, 5.74) is 4.67. The van der Waals surface area contributed by atoms with Crippen LogP contribution in [0.15, 0.2) is 54.6 Å². The number of likely N-dealkylation sites (tertiary alicyclic amines) is 1. The van der Waals surface area contributed by atoms with Crippen molar-refractivity contribution in [2.24, 2.45) is 0 Å². The number of amides is 1. The molecule has 4 rings (SSSR count). The normalized spacial score (nSPS) is 13.9. The van der Waals surface area contributed by atoms with Crippen LogP contribution in [0.2, 0.25) is 0 Å². The third-order valence-corrected chi connectivity index (χ3v) is 5.92. The SMILES string of the molecule is Cc1c(CC(=O)O)c(-c2ccccc2)nn1Cc1ccccc1C(=O)N1CCCCC1. The molecular formula is C25H27N3O3. The molecule has 1 aliphatic heterocycles. The fourth-order valence-corrected chi connectivity index (χ4v) is 4.22. The number of rotatable bonds is 6. The van der Waals surface area contributed by atoms with Gasteiger partial charge in [0.15, 0.2) is 0 Å². The largest absolute Gasteiger partial charge is 0.481 e. The van der Waals surface area contributed by atoms with Crippen molar-refractivity contribution in [3.05, 3.63) is 77.0 Å². The van der Waals surface area contributed by atoms with Gasteiger partial charge < -0.3 is 10.0 Å². The Balaban J connectivity index is 1.69. The van der Waals surface area contributed by atoms with Gasteiger partial charge in [-0.15, -0.1) is 0 Å². The molecule has 0 aliphatic carbocycles. The van der Waals surface area contributed by atoms with Crippen LogP contribution in [-0.4, -0.2) is 44.8 Å². The van der Waals surface area contributed by atoms with E-state index in [4.69, 9.17) is 5.10 Å². The fourth-order valence-electron chi connectivity index (χ4n) is 4.22. The average molecular weight is 418 g/mol. The predicted molar refractivity (Wildman–Crippen MR) is 119 cm³/mol. The van der Waals surface area contributed by atoms with Crippen LogP contribution in [0, 0.1) is 6.92 Å². The highest BCUT2D eigenvalue weighted by atomic mass is 16.4. The summed E-state index contributed by atoms with van der Waals surface area (Å²) >= 11 is 0. The number of benzene rings is 2. The Bertz CT molecular complexity index is 1080. The second-order valence-electron chi connectivity index (χ2n) is 8.02. The first-order chi connectivity index (χ1) is 15.0. The molecule has 0 atom stereocenters. The van der Waals surface area contributed by atoms with Gasteiger partial charge in [-0.3, -0.25) is 14.3 Å². The maximum Gasteiger partial charge on any atom is 0.307 e. The van der Waals surface area contributed by atoms with Gasteiger partial charge in [-0.25, -0.2) is 0 Å². The van der Waals surface area contributed by atoms with Crippen LogP contribution in [0.1, 0.15) is 46.4 Å². The minimum atomic E-state index is -0.888. The molecule has 1 aromatic heterocycles.